The third-order valence-corrected chi connectivity index (χ3v) is 2.69. The number of esters is 1. The minimum absolute atomic E-state index is 0.359. The van der Waals surface area contributed by atoms with Crippen molar-refractivity contribution in [2.75, 3.05) is 13.2 Å². The monoisotopic (exact) mass is 293 g/mol. The van der Waals surface area contributed by atoms with Crippen LogP contribution in [0.1, 0.15) is 44.0 Å². The van der Waals surface area contributed by atoms with Gasteiger partial charge in [0.2, 0.25) is 0 Å². The highest BCUT2D eigenvalue weighted by atomic mass is 16.6. The van der Waals surface area contributed by atoms with E-state index in [4.69, 9.17) is 9.47 Å². The van der Waals surface area contributed by atoms with Crippen molar-refractivity contribution in [3.63, 3.8) is 0 Å². The number of ether oxygens (including phenoxy) is 2. The first kappa shape index (κ1) is 17.0. The second-order valence-electron chi connectivity index (χ2n) is 5.18. The molecule has 5 heteroatoms. The first-order valence-electron chi connectivity index (χ1n) is 7.25. The van der Waals surface area contributed by atoms with Crippen LogP contribution >= 0.6 is 0 Å². The Labute approximate surface area is 125 Å². The van der Waals surface area contributed by atoms with E-state index in [1.165, 1.54) is 0 Å². The summed E-state index contributed by atoms with van der Waals surface area (Å²) in [7, 11) is 0. The quantitative estimate of drug-likeness (QED) is 0.618. The predicted molar refractivity (Wildman–Crippen MR) is 80.5 cm³/mol. The normalized spacial score (nSPS) is 10.3. The van der Waals surface area contributed by atoms with Gasteiger partial charge < -0.3 is 14.8 Å². The lowest BCUT2D eigenvalue weighted by molar-refractivity contribution is 0.0499. The van der Waals surface area contributed by atoms with Gasteiger partial charge in [-0.15, -0.1) is 0 Å². The maximum absolute atomic E-state index is 11.7. The van der Waals surface area contributed by atoms with E-state index >= 15 is 0 Å². The number of hydrogen-bond donors (Lipinski definition) is 1. The van der Waals surface area contributed by atoms with Crippen molar-refractivity contribution in [2.24, 2.45) is 5.92 Å². The average Bonchev–Trinajstić information content (AvgIpc) is 2.46. The van der Waals surface area contributed by atoms with Gasteiger partial charge in [0.1, 0.15) is 5.75 Å². The first-order chi connectivity index (χ1) is 10.0. The fraction of sp³-hybridized carbons (Fsp3) is 0.500. The fourth-order valence-electron chi connectivity index (χ4n) is 1.48. The number of hydrogen-bond acceptors (Lipinski definition) is 4. The highest BCUT2D eigenvalue weighted by Crippen LogP contribution is 2.13. The van der Waals surface area contributed by atoms with Crippen LogP contribution in [0.25, 0.3) is 0 Å². The summed E-state index contributed by atoms with van der Waals surface area (Å²) in [5.74, 6) is 0.387. The molecule has 0 radical (unpaired) electrons. The van der Waals surface area contributed by atoms with Gasteiger partial charge in [0.25, 0.3) is 0 Å². The van der Waals surface area contributed by atoms with Gasteiger partial charge in [-0.2, -0.15) is 0 Å². The summed E-state index contributed by atoms with van der Waals surface area (Å²) in [5.41, 5.74) is 0.445. The van der Waals surface area contributed by atoms with Crippen LogP contribution in [-0.4, -0.2) is 25.2 Å². The molecule has 0 atom stereocenters. The molecule has 0 bridgehead atoms. The van der Waals surface area contributed by atoms with E-state index in [1.807, 2.05) is 20.8 Å². The molecule has 1 aromatic rings. The standard InChI is InChI=1S/C16H23NO4/c1-4-5-10-20-15(18)13-6-8-14(9-7-13)21-16(19)17-11-12(2)3/h6-9,12H,4-5,10-11H2,1-3H3,(H,17,19). The van der Waals surface area contributed by atoms with Crippen LogP contribution in [0.2, 0.25) is 0 Å². The molecule has 0 saturated carbocycles. The van der Waals surface area contributed by atoms with Gasteiger partial charge in [0, 0.05) is 6.54 Å². The molecule has 0 heterocycles. The summed E-state index contributed by atoms with van der Waals surface area (Å²) in [6, 6.07) is 6.31. The molecule has 21 heavy (non-hydrogen) atoms. The molecule has 0 unspecified atom stereocenters. The van der Waals surface area contributed by atoms with Gasteiger partial charge in [-0.25, -0.2) is 9.59 Å². The van der Waals surface area contributed by atoms with E-state index in [0.29, 0.717) is 30.4 Å². The molecular formula is C16H23NO4. The van der Waals surface area contributed by atoms with E-state index in [0.717, 1.165) is 12.8 Å². The molecule has 116 valence electrons. The van der Waals surface area contributed by atoms with E-state index in [2.05, 4.69) is 5.32 Å². The van der Waals surface area contributed by atoms with E-state index in [9.17, 15) is 9.59 Å². The molecule has 1 rings (SSSR count). The summed E-state index contributed by atoms with van der Waals surface area (Å²) in [6.45, 7) is 7.01. The number of rotatable bonds is 7. The maximum atomic E-state index is 11.7. The Kier molecular flexibility index (Phi) is 7.29. The highest BCUT2D eigenvalue weighted by Gasteiger charge is 2.09. The number of benzene rings is 1. The summed E-state index contributed by atoms with van der Waals surface area (Å²) in [5, 5.41) is 2.65. The summed E-state index contributed by atoms with van der Waals surface area (Å²) in [6.07, 6.45) is 1.33. The van der Waals surface area contributed by atoms with Crippen molar-refractivity contribution in [3.8, 4) is 5.75 Å². The van der Waals surface area contributed by atoms with E-state index < -0.39 is 6.09 Å². The minimum Gasteiger partial charge on any atom is -0.462 e. The Balaban J connectivity index is 2.46. The van der Waals surface area contributed by atoms with Gasteiger partial charge >= 0.3 is 12.1 Å². The zero-order valence-corrected chi connectivity index (χ0v) is 12.8. The molecule has 0 aliphatic heterocycles. The smallest absolute Gasteiger partial charge is 0.412 e. The predicted octanol–water partition coefficient (Wildman–Crippen LogP) is 3.39. The third-order valence-electron chi connectivity index (χ3n) is 2.69. The largest absolute Gasteiger partial charge is 0.462 e. The maximum Gasteiger partial charge on any atom is 0.412 e. The number of nitrogens with one attached hydrogen (secondary N) is 1. The van der Waals surface area contributed by atoms with Crippen molar-refractivity contribution in [1.29, 1.82) is 0 Å². The van der Waals surface area contributed by atoms with Gasteiger partial charge in [0.05, 0.1) is 12.2 Å². The summed E-state index contributed by atoms with van der Waals surface area (Å²) >= 11 is 0. The Morgan fingerprint density at radius 1 is 1.19 bits per heavy atom. The van der Waals surface area contributed by atoms with Crippen LogP contribution in [0.15, 0.2) is 24.3 Å². The molecule has 1 amide bonds. The number of unbranched alkanes of at least 4 members (excludes halogenated alkanes) is 1. The van der Waals surface area contributed by atoms with Crippen LogP contribution in [0, 0.1) is 5.92 Å². The molecule has 0 fully saturated rings. The van der Waals surface area contributed by atoms with Crippen molar-refractivity contribution in [2.45, 2.75) is 33.6 Å². The number of amides is 1. The topological polar surface area (TPSA) is 64.6 Å². The highest BCUT2D eigenvalue weighted by molar-refractivity contribution is 5.89. The van der Waals surface area contributed by atoms with E-state index in [-0.39, 0.29) is 5.97 Å². The lowest BCUT2D eigenvalue weighted by Crippen LogP contribution is -2.30. The summed E-state index contributed by atoms with van der Waals surface area (Å²) < 4.78 is 10.2. The molecule has 1 aromatic carbocycles. The molecular weight excluding hydrogens is 270 g/mol. The van der Waals surface area contributed by atoms with Crippen molar-refractivity contribution >= 4 is 12.1 Å². The summed E-state index contributed by atoms with van der Waals surface area (Å²) in [4.78, 5) is 23.2. The number of carbonyl (C=O) groups excluding carboxylic acids is 2. The van der Waals surface area contributed by atoms with Gasteiger partial charge in [-0.3, -0.25) is 0 Å². The van der Waals surface area contributed by atoms with Crippen molar-refractivity contribution in [3.05, 3.63) is 29.8 Å². The Morgan fingerprint density at radius 3 is 2.43 bits per heavy atom. The molecule has 0 aliphatic rings. The van der Waals surface area contributed by atoms with Gasteiger partial charge in [0.15, 0.2) is 0 Å². The zero-order valence-electron chi connectivity index (χ0n) is 12.8. The fourth-order valence-corrected chi connectivity index (χ4v) is 1.48. The van der Waals surface area contributed by atoms with Crippen LogP contribution in [0.4, 0.5) is 4.79 Å². The molecule has 1 N–H and O–H groups in total. The lowest BCUT2D eigenvalue weighted by atomic mass is 10.2. The third kappa shape index (κ3) is 6.79. The molecule has 0 spiro atoms. The Bertz CT molecular complexity index is 454. The number of carbonyl (C=O) groups is 2. The SMILES string of the molecule is CCCCOC(=O)c1ccc(OC(=O)NCC(C)C)cc1. The first-order valence-corrected chi connectivity index (χ1v) is 7.25. The van der Waals surface area contributed by atoms with Crippen LogP contribution < -0.4 is 10.1 Å². The van der Waals surface area contributed by atoms with E-state index in [1.54, 1.807) is 24.3 Å². The van der Waals surface area contributed by atoms with Gasteiger partial charge in [-0.1, -0.05) is 27.2 Å². The Morgan fingerprint density at radius 2 is 1.86 bits per heavy atom. The van der Waals surface area contributed by atoms with Crippen LogP contribution in [0.5, 0.6) is 5.75 Å². The second-order valence-corrected chi connectivity index (χ2v) is 5.18. The molecule has 5 nitrogen and oxygen atoms in total. The van der Waals surface area contributed by atoms with Gasteiger partial charge in [-0.05, 0) is 36.6 Å². The van der Waals surface area contributed by atoms with Crippen molar-refractivity contribution < 1.29 is 19.1 Å². The van der Waals surface area contributed by atoms with Crippen molar-refractivity contribution in [1.82, 2.24) is 5.32 Å². The molecule has 0 aromatic heterocycles. The zero-order chi connectivity index (χ0) is 15.7. The molecule has 0 saturated heterocycles. The Hall–Kier alpha value is -2.04. The minimum atomic E-state index is -0.498. The van der Waals surface area contributed by atoms with Crippen LogP contribution in [0.3, 0.4) is 0 Å². The average molecular weight is 293 g/mol. The second kappa shape index (κ2) is 9.00. The lowest BCUT2D eigenvalue weighted by Gasteiger charge is -2.09. The van der Waals surface area contributed by atoms with Crippen LogP contribution in [-0.2, 0) is 4.74 Å². The molecule has 0 aliphatic carbocycles.